The minimum absolute atomic E-state index is 0.0114. The van der Waals surface area contributed by atoms with Crippen LogP contribution in [0.25, 0.3) is 0 Å². The van der Waals surface area contributed by atoms with E-state index in [1.54, 1.807) is 12.1 Å². The number of carbonyl (C=O) groups is 1. The Morgan fingerprint density at radius 2 is 1.63 bits per heavy atom. The number of fused-ring (bicyclic) bond motifs is 1. The van der Waals surface area contributed by atoms with Crippen LogP contribution in [0.15, 0.2) is 60.7 Å². The summed E-state index contributed by atoms with van der Waals surface area (Å²) in [5.74, 6) is 0.804. The zero-order chi connectivity index (χ0) is 24.8. The van der Waals surface area contributed by atoms with Gasteiger partial charge in [0.15, 0.2) is 0 Å². The predicted octanol–water partition coefficient (Wildman–Crippen LogP) is 8.57. The number of esters is 1. The summed E-state index contributed by atoms with van der Waals surface area (Å²) in [6.07, 6.45) is 16.7. The lowest BCUT2D eigenvalue weighted by Crippen LogP contribution is -2.30. The second kappa shape index (κ2) is 11.8. The molecule has 2 aromatic rings. The minimum Gasteiger partial charge on any atom is -0.423 e. The second-order valence-corrected chi connectivity index (χ2v) is 10.1. The van der Waals surface area contributed by atoms with E-state index in [4.69, 9.17) is 4.74 Å². The summed E-state index contributed by atoms with van der Waals surface area (Å²) in [6, 6.07) is 9.74. The molecule has 2 saturated carbocycles. The van der Waals surface area contributed by atoms with Gasteiger partial charge in [-0.3, -0.25) is 0 Å². The van der Waals surface area contributed by atoms with Crippen molar-refractivity contribution in [2.24, 2.45) is 17.8 Å². The first-order valence-corrected chi connectivity index (χ1v) is 13.0. The molecule has 0 saturated heterocycles. The first-order valence-electron chi connectivity index (χ1n) is 13.0. The van der Waals surface area contributed by atoms with Gasteiger partial charge in [-0.2, -0.15) is 0 Å². The van der Waals surface area contributed by atoms with E-state index in [1.807, 2.05) is 31.2 Å². The van der Waals surface area contributed by atoms with Crippen LogP contribution in [0.4, 0.5) is 8.78 Å². The number of hydrogen-bond donors (Lipinski definition) is 0. The number of allylic oxidation sites excluding steroid dienone is 4. The minimum atomic E-state index is -0.692. The zero-order valence-corrected chi connectivity index (χ0v) is 20.8. The molecule has 186 valence electrons. The quantitative estimate of drug-likeness (QED) is 0.226. The summed E-state index contributed by atoms with van der Waals surface area (Å²) in [4.78, 5) is 12.6. The maximum Gasteiger partial charge on any atom is 0.343 e. The Morgan fingerprint density at radius 3 is 2.31 bits per heavy atom. The number of carbonyl (C=O) groups excluding carboxylic acids is 1. The van der Waals surface area contributed by atoms with E-state index in [0.29, 0.717) is 17.9 Å². The molecule has 0 radical (unpaired) electrons. The second-order valence-electron chi connectivity index (χ2n) is 10.1. The van der Waals surface area contributed by atoms with Crippen LogP contribution < -0.4 is 4.74 Å². The van der Waals surface area contributed by atoms with Crippen LogP contribution in [0.2, 0.25) is 0 Å². The maximum absolute atomic E-state index is 14.4. The van der Waals surface area contributed by atoms with Gasteiger partial charge in [-0.1, -0.05) is 36.4 Å². The van der Waals surface area contributed by atoms with Crippen LogP contribution in [-0.4, -0.2) is 5.97 Å². The molecule has 4 unspecified atom stereocenters. The van der Waals surface area contributed by atoms with Crippen molar-refractivity contribution in [2.45, 2.75) is 71.1 Å². The highest BCUT2D eigenvalue weighted by Gasteiger charge is 2.35. The molecule has 2 fully saturated rings. The van der Waals surface area contributed by atoms with Crippen molar-refractivity contribution in [1.82, 2.24) is 0 Å². The topological polar surface area (TPSA) is 26.3 Å². The number of benzene rings is 2. The molecule has 0 aliphatic heterocycles. The number of halogens is 2. The molecule has 0 bridgehead atoms. The molecule has 0 spiro atoms. The molecule has 2 aromatic carbocycles. The number of hydrogen-bond acceptors (Lipinski definition) is 2. The van der Waals surface area contributed by atoms with E-state index in [-0.39, 0.29) is 17.7 Å². The average molecular weight is 479 g/mol. The van der Waals surface area contributed by atoms with Crippen molar-refractivity contribution < 1.29 is 18.3 Å². The Balaban J connectivity index is 1.36. The fourth-order valence-electron chi connectivity index (χ4n) is 6.00. The van der Waals surface area contributed by atoms with Gasteiger partial charge in [0, 0.05) is 17.7 Å². The summed E-state index contributed by atoms with van der Waals surface area (Å²) in [5.41, 5.74) is 1.66. The van der Waals surface area contributed by atoms with Gasteiger partial charge in [-0.15, -0.1) is 0 Å². The lowest BCUT2D eigenvalue weighted by molar-refractivity contribution is 0.0734. The predicted molar refractivity (Wildman–Crippen MR) is 137 cm³/mol. The highest BCUT2D eigenvalue weighted by Crippen LogP contribution is 2.47. The van der Waals surface area contributed by atoms with Crippen molar-refractivity contribution in [3.05, 3.63) is 89.0 Å². The molecule has 2 aliphatic carbocycles. The average Bonchev–Trinajstić information content (AvgIpc) is 2.86. The molecule has 4 rings (SSSR count). The van der Waals surface area contributed by atoms with Crippen molar-refractivity contribution in [3.8, 4) is 5.75 Å². The molecular formula is C31H36F2O2. The fraction of sp³-hybridized carbons (Fsp3) is 0.452. The lowest BCUT2D eigenvalue weighted by atomic mass is 9.64. The van der Waals surface area contributed by atoms with Gasteiger partial charge in [0.2, 0.25) is 0 Å². The SMILES string of the molecule is C/C=C/CCc1c(F)cc(OC(=O)c2ccc(C3CCC4CC(/C=C/C)CCC4C3)cc2)cc1F. The van der Waals surface area contributed by atoms with Gasteiger partial charge in [0.25, 0.3) is 0 Å². The van der Waals surface area contributed by atoms with Crippen molar-refractivity contribution in [2.75, 3.05) is 0 Å². The molecule has 35 heavy (non-hydrogen) atoms. The summed E-state index contributed by atoms with van der Waals surface area (Å²) in [5, 5.41) is 0. The van der Waals surface area contributed by atoms with Gasteiger partial charge in [-0.05, 0) is 107 Å². The van der Waals surface area contributed by atoms with Gasteiger partial charge in [-0.25, -0.2) is 13.6 Å². The number of rotatable bonds is 7. The van der Waals surface area contributed by atoms with Crippen LogP contribution >= 0.6 is 0 Å². The number of ether oxygens (including phenoxy) is 1. The molecule has 0 heterocycles. The molecule has 2 aliphatic rings. The Hall–Kier alpha value is -2.75. The summed E-state index contributed by atoms with van der Waals surface area (Å²) < 4.78 is 34.0. The molecular weight excluding hydrogens is 442 g/mol. The summed E-state index contributed by atoms with van der Waals surface area (Å²) >= 11 is 0. The van der Waals surface area contributed by atoms with E-state index < -0.39 is 17.6 Å². The van der Waals surface area contributed by atoms with Gasteiger partial charge in [0.1, 0.15) is 17.4 Å². The summed E-state index contributed by atoms with van der Waals surface area (Å²) in [7, 11) is 0. The summed E-state index contributed by atoms with van der Waals surface area (Å²) in [6.45, 7) is 3.98. The van der Waals surface area contributed by atoms with Crippen LogP contribution in [-0.2, 0) is 6.42 Å². The van der Waals surface area contributed by atoms with Crippen molar-refractivity contribution in [3.63, 3.8) is 0 Å². The van der Waals surface area contributed by atoms with Crippen LogP contribution in [0, 0.1) is 29.4 Å². The highest BCUT2D eigenvalue weighted by atomic mass is 19.1. The largest absolute Gasteiger partial charge is 0.423 e. The monoisotopic (exact) mass is 478 g/mol. The van der Waals surface area contributed by atoms with Gasteiger partial charge < -0.3 is 4.74 Å². The van der Waals surface area contributed by atoms with Crippen molar-refractivity contribution in [1.29, 1.82) is 0 Å². The molecule has 0 N–H and O–H groups in total. The Bertz CT molecular complexity index is 1050. The third-order valence-electron chi connectivity index (χ3n) is 7.86. The first kappa shape index (κ1) is 25.3. The third-order valence-corrected chi connectivity index (χ3v) is 7.86. The zero-order valence-electron chi connectivity index (χ0n) is 20.8. The molecule has 0 aromatic heterocycles. The van der Waals surface area contributed by atoms with E-state index in [2.05, 4.69) is 19.1 Å². The normalized spacial score (nSPS) is 24.6. The highest BCUT2D eigenvalue weighted by molar-refractivity contribution is 5.91. The van der Waals surface area contributed by atoms with E-state index in [9.17, 15) is 13.6 Å². The smallest absolute Gasteiger partial charge is 0.343 e. The lowest BCUT2D eigenvalue weighted by Gasteiger charge is -2.41. The van der Waals surface area contributed by atoms with E-state index in [0.717, 1.165) is 29.9 Å². The van der Waals surface area contributed by atoms with Crippen LogP contribution in [0.1, 0.15) is 86.2 Å². The van der Waals surface area contributed by atoms with Crippen LogP contribution in [0.3, 0.4) is 0 Å². The molecule has 0 amide bonds. The molecule has 2 nitrogen and oxygen atoms in total. The standard InChI is InChI=1S/C31H36F2O2/c1-3-5-6-8-28-29(32)19-27(20-30(28)33)35-31(34)23-13-11-22(12-14-23)25-16-15-24-17-21(7-4-2)9-10-26(24)18-25/h3-5,7,11-14,19-21,24-26H,6,8-10,15-18H2,1-2H3/b5-3+,7-4+. The molecule has 4 atom stereocenters. The Morgan fingerprint density at radius 1 is 0.943 bits per heavy atom. The third kappa shape index (κ3) is 6.28. The van der Waals surface area contributed by atoms with Crippen LogP contribution in [0.5, 0.6) is 5.75 Å². The fourth-order valence-corrected chi connectivity index (χ4v) is 6.00. The maximum atomic E-state index is 14.4. The van der Waals surface area contributed by atoms with Gasteiger partial charge >= 0.3 is 5.97 Å². The van der Waals surface area contributed by atoms with E-state index in [1.165, 1.54) is 44.1 Å². The first-order chi connectivity index (χ1) is 17.0. The van der Waals surface area contributed by atoms with E-state index >= 15 is 0 Å². The van der Waals surface area contributed by atoms with Crippen molar-refractivity contribution >= 4 is 5.97 Å². The Kier molecular flexibility index (Phi) is 8.54. The molecule has 4 heteroatoms. The van der Waals surface area contributed by atoms with Gasteiger partial charge in [0.05, 0.1) is 5.56 Å². The Labute approximate surface area is 208 Å².